The lowest BCUT2D eigenvalue weighted by Crippen LogP contribution is -2.61. The van der Waals surface area contributed by atoms with Crippen LogP contribution in [0.25, 0.3) is 0 Å². The summed E-state index contributed by atoms with van der Waals surface area (Å²) < 4.78 is 0. The lowest BCUT2D eigenvalue weighted by atomic mass is 9.96. The minimum absolute atomic E-state index is 0.00234. The van der Waals surface area contributed by atoms with Gasteiger partial charge in [0.25, 0.3) is 0 Å². The third-order valence-corrected chi connectivity index (χ3v) is 22.1. The highest BCUT2D eigenvalue weighted by molar-refractivity contribution is 8.76. The Hall–Kier alpha value is -11.2. The van der Waals surface area contributed by atoms with Gasteiger partial charge in [-0.25, -0.2) is 4.79 Å². The Labute approximate surface area is 670 Å². The molecule has 4 aliphatic heterocycles. The number of nitrogens with one attached hydrogen (secondary N) is 15. The van der Waals surface area contributed by atoms with E-state index in [-0.39, 0.29) is 140 Å². The second-order valence-corrected chi connectivity index (χ2v) is 31.0. The number of nitrogens with zero attached hydrogens (tertiary/aromatic N) is 2. The molecule has 27 N–H and O–H groups in total. The minimum Gasteiger partial charge on any atom is -0.508 e. The van der Waals surface area contributed by atoms with E-state index in [1.54, 1.807) is 13.8 Å². The third-order valence-electron chi connectivity index (χ3n) is 19.7. The zero-order valence-corrected chi connectivity index (χ0v) is 65.6. The van der Waals surface area contributed by atoms with Gasteiger partial charge >= 0.3 is 11.9 Å². The van der Waals surface area contributed by atoms with Gasteiger partial charge in [0.15, 0.2) is 11.9 Å². The summed E-state index contributed by atoms with van der Waals surface area (Å²) in [4.78, 5) is 230. The highest BCUT2D eigenvalue weighted by Gasteiger charge is 2.44. The fraction of sp³-hybridized carbons (Fsp3) is 0.583. The molecule has 4 saturated heterocycles. The number of unbranched alkanes of at least 4 members (excludes halogenated alkanes) is 1. The number of amides is 14. The number of carboxylic acids is 2. The van der Waals surface area contributed by atoms with Crippen molar-refractivity contribution < 1.29 is 97.1 Å². The molecule has 4 fully saturated rings. The molecular formula is C72H107N21O20S2. The molecule has 0 radical (unpaired) electrons. The second kappa shape index (κ2) is 46.2. The number of fused-ring (bicyclic) bond motifs is 2. The molecule has 0 bridgehead atoms. The highest BCUT2D eigenvalue weighted by atomic mass is 33.1. The number of hydrogen-bond donors (Lipinski definition) is 23. The van der Waals surface area contributed by atoms with Crippen LogP contribution >= 0.6 is 21.6 Å². The number of hydrogen-bond acceptors (Lipinski definition) is 23. The van der Waals surface area contributed by atoms with Crippen LogP contribution in [0.5, 0.6) is 11.5 Å². The highest BCUT2D eigenvalue weighted by Crippen LogP contribution is 2.27. The normalized spacial score (nSPS) is 25.5. The van der Waals surface area contributed by atoms with E-state index in [9.17, 15) is 87.5 Å². The Morgan fingerprint density at radius 3 is 1.44 bits per heavy atom. The fourth-order valence-electron chi connectivity index (χ4n) is 13.2. The molecule has 14 atom stereocenters. The number of primary amides is 1. The number of aliphatic carboxylic acids is 2. The van der Waals surface area contributed by atoms with Crippen LogP contribution in [-0.2, 0) is 89.6 Å². The molecule has 0 unspecified atom stereocenters. The van der Waals surface area contributed by atoms with Gasteiger partial charge in [0.1, 0.15) is 90.0 Å². The molecule has 2 aromatic carbocycles. The van der Waals surface area contributed by atoms with Crippen molar-refractivity contribution in [2.24, 2.45) is 28.9 Å². The Balaban J connectivity index is 1.45. The molecule has 632 valence electrons. The van der Waals surface area contributed by atoms with Gasteiger partial charge in [-0.1, -0.05) is 66.1 Å². The van der Waals surface area contributed by atoms with Crippen molar-refractivity contribution in [1.29, 1.82) is 10.8 Å². The van der Waals surface area contributed by atoms with E-state index < -0.39 is 228 Å². The quantitative estimate of drug-likeness (QED) is 0.0181. The molecule has 115 heavy (non-hydrogen) atoms. The Kier molecular flexibility index (Phi) is 37.2. The van der Waals surface area contributed by atoms with Gasteiger partial charge < -0.3 is 122 Å². The Morgan fingerprint density at radius 2 is 0.965 bits per heavy atom. The fourth-order valence-corrected chi connectivity index (χ4v) is 15.5. The number of aromatic hydroxyl groups is 2. The van der Waals surface area contributed by atoms with E-state index >= 15 is 9.59 Å². The van der Waals surface area contributed by atoms with Crippen molar-refractivity contribution >= 4 is 128 Å². The number of guanidine groups is 2. The number of carbonyl (C=O) groups excluding carboxylic acids is 14. The maximum atomic E-state index is 15.2. The summed E-state index contributed by atoms with van der Waals surface area (Å²) in [7, 11) is 1.61. The summed E-state index contributed by atoms with van der Waals surface area (Å²) in [5, 5.41) is 89.9. The summed E-state index contributed by atoms with van der Waals surface area (Å²) in [6, 6.07) is -9.51. The van der Waals surface area contributed by atoms with E-state index in [0.29, 0.717) is 12.0 Å². The SMILES string of the molecule is CC[C@H](C)[C@@H]1NC(=O)[C@H](Cc2ccc(O)cc2)NC(=O)[C@@H]2CCCN2C(=O)[C@H](CCCNC(=N)N)NC(=O)[C@H](CCCNC(=N)N)NC(=O)[C@@H]2CCCN2C(=O)[C@H](CCCCN)NC(=O)[C@H](CC(N)=O)NC(=O)[C@H](CCC(=O)O)NC(=O)[C@H](Cc2ccc(O)cc2)NC(=O)[C@@H](NC(=O)[C@@H]2CCC(=O)N2)CSSC[C@@H](C(=O)O)NC1=O. The van der Waals surface area contributed by atoms with Crippen LogP contribution in [0.4, 0.5) is 0 Å². The largest absolute Gasteiger partial charge is 0.508 e. The lowest BCUT2D eigenvalue weighted by Gasteiger charge is -2.32. The summed E-state index contributed by atoms with van der Waals surface area (Å²) in [5.41, 5.74) is 23.3. The zero-order valence-electron chi connectivity index (χ0n) is 63.9. The molecule has 6 rings (SSSR count). The zero-order chi connectivity index (χ0) is 84.6. The van der Waals surface area contributed by atoms with Gasteiger partial charge in [-0.05, 0) is 131 Å². The average molecular weight is 1650 g/mol. The number of carbonyl (C=O) groups is 16. The predicted molar refractivity (Wildman–Crippen MR) is 417 cm³/mol. The van der Waals surface area contributed by atoms with E-state index in [1.165, 1.54) is 53.4 Å². The second-order valence-electron chi connectivity index (χ2n) is 28.5. The monoisotopic (exact) mass is 1650 g/mol. The number of benzene rings is 2. The summed E-state index contributed by atoms with van der Waals surface area (Å²) >= 11 is 0. The van der Waals surface area contributed by atoms with E-state index in [0.717, 1.165) is 26.5 Å². The Bertz CT molecular complexity index is 3830. The summed E-state index contributed by atoms with van der Waals surface area (Å²) in [6.07, 6.45) is -2.46. The molecule has 0 aliphatic carbocycles. The van der Waals surface area contributed by atoms with Crippen LogP contribution in [-0.4, -0.2) is 260 Å². The number of phenolic OH excluding ortho intramolecular Hbond substituents is 2. The van der Waals surface area contributed by atoms with Crippen LogP contribution in [0.2, 0.25) is 0 Å². The van der Waals surface area contributed by atoms with Crippen LogP contribution in [0.15, 0.2) is 48.5 Å². The maximum absolute atomic E-state index is 15.2. The molecule has 14 amide bonds. The molecule has 0 spiro atoms. The van der Waals surface area contributed by atoms with Crippen molar-refractivity contribution in [3.8, 4) is 11.5 Å². The first-order chi connectivity index (χ1) is 54.7. The van der Waals surface area contributed by atoms with Crippen molar-refractivity contribution in [2.45, 2.75) is 214 Å². The van der Waals surface area contributed by atoms with Gasteiger partial charge in [-0.3, -0.25) is 82.7 Å². The van der Waals surface area contributed by atoms with Gasteiger partial charge in [0.05, 0.1) is 6.42 Å². The number of phenols is 2. The molecule has 0 aromatic heterocycles. The van der Waals surface area contributed by atoms with E-state index in [4.69, 9.17) is 33.8 Å². The number of rotatable bonds is 26. The molecule has 43 heteroatoms. The average Bonchev–Trinajstić information content (AvgIpc) is 1.73. The summed E-state index contributed by atoms with van der Waals surface area (Å²) in [5.74, 6) is -19.3. The van der Waals surface area contributed by atoms with Crippen molar-refractivity contribution in [3.63, 3.8) is 0 Å². The first-order valence-corrected chi connectivity index (χ1v) is 40.5. The molecule has 4 aliphatic rings. The summed E-state index contributed by atoms with van der Waals surface area (Å²) in [6.45, 7) is 3.28. The smallest absolute Gasteiger partial charge is 0.327 e. The van der Waals surface area contributed by atoms with E-state index in [2.05, 4.69) is 69.1 Å². The molecule has 2 aromatic rings. The van der Waals surface area contributed by atoms with Crippen LogP contribution in [0.1, 0.15) is 134 Å². The van der Waals surface area contributed by atoms with Crippen molar-refractivity contribution in [3.05, 3.63) is 59.7 Å². The predicted octanol–water partition coefficient (Wildman–Crippen LogP) is -5.09. The standard InChI is InChI=1S/C72H107N21O20S2/c1-3-37(2)57-67(109)90-51(70(112)113)36-115-114-35-50(89-59(101)43-23-25-55(97)81-43)64(106)86-47(32-38-15-19-40(94)20-16-38)61(103)82-44(24-26-56(98)99)60(102)87-49(34-54(74)96)62(104)85-45(10-4-5-27-73)68(110)92-30-8-13-52(92)65(107)83-42(11-6-28-79-71(75)76)58(100)84-46(12-7-29-80-72(77)78)69(111)93-31-9-14-53(93)66(108)88-48(63(105)91-57)33-39-17-21-41(95)22-18-39/h15-22,37,42-53,57,94-95H,3-14,23-36,73H2,1-2H3,(H2,74,96)(H,81,97)(H,82,103)(H,83,107)(H,84,100)(H,85,104)(H,86,106)(H,87,102)(H,88,108)(H,89,101)(H,90,109)(H,91,105)(H,98,99)(H,112,113)(H4,75,76,79)(H4,77,78,80)/t37-,42-,43-,44-,45-,46-,47-,48-,49-,50-,51-,52-,53-,57-/m0/s1. The minimum atomic E-state index is -1.97. The molecule has 0 saturated carbocycles. The number of carboxylic acid groups (broad SMARTS) is 2. The van der Waals surface area contributed by atoms with Gasteiger partial charge in [0.2, 0.25) is 82.7 Å². The van der Waals surface area contributed by atoms with Crippen LogP contribution in [0.3, 0.4) is 0 Å². The van der Waals surface area contributed by atoms with Crippen LogP contribution in [0, 0.1) is 16.7 Å². The van der Waals surface area contributed by atoms with Gasteiger partial charge in [-0.15, -0.1) is 0 Å². The molecule has 41 nitrogen and oxygen atoms in total. The maximum Gasteiger partial charge on any atom is 0.327 e. The molecule has 4 heterocycles. The van der Waals surface area contributed by atoms with Crippen molar-refractivity contribution in [2.75, 3.05) is 44.2 Å². The van der Waals surface area contributed by atoms with Crippen LogP contribution < -0.4 is 92.1 Å². The van der Waals surface area contributed by atoms with Gasteiger partial charge in [0, 0.05) is 63.4 Å². The lowest BCUT2D eigenvalue weighted by molar-refractivity contribution is -0.144. The van der Waals surface area contributed by atoms with Gasteiger partial charge in [-0.2, -0.15) is 0 Å². The third kappa shape index (κ3) is 29.9. The first-order valence-electron chi connectivity index (χ1n) is 38.0. The van der Waals surface area contributed by atoms with E-state index in [1.807, 2.05) is 0 Å². The topological polar surface area (TPSA) is 669 Å². The molecular weight excluding hydrogens is 1540 g/mol. The first kappa shape index (κ1) is 92.6. The Morgan fingerprint density at radius 1 is 0.522 bits per heavy atom. The number of nitrogens with two attached hydrogens (primary N) is 4. The van der Waals surface area contributed by atoms with Crippen molar-refractivity contribution in [1.82, 2.24) is 78.9 Å².